The fourth-order valence-corrected chi connectivity index (χ4v) is 4.01. The van der Waals surface area contributed by atoms with Crippen molar-refractivity contribution in [2.45, 2.75) is 62.9 Å². The first kappa shape index (κ1) is 19.7. The average molecular weight is 389 g/mol. The number of hydrogen-bond donors (Lipinski definition) is 1. The van der Waals surface area contributed by atoms with Gasteiger partial charge in [0.2, 0.25) is 11.1 Å². The van der Waals surface area contributed by atoms with Gasteiger partial charge in [-0.1, -0.05) is 11.8 Å². The van der Waals surface area contributed by atoms with E-state index in [0.717, 1.165) is 18.8 Å². The number of piperidine rings is 1. The molecule has 0 bridgehead atoms. The van der Waals surface area contributed by atoms with Crippen molar-refractivity contribution in [1.29, 1.82) is 0 Å². The maximum atomic E-state index is 12.6. The van der Waals surface area contributed by atoms with Crippen LogP contribution in [0.3, 0.4) is 0 Å². The summed E-state index contributed by atoms with van der Waals surface area (Å²) in [6.45, 7) is 10.2. The third-order valence-electron chi connectivity index (χ3n) is 4.58. The SMILES string of the molecule is CC(Sc1nnnn1C(C)(C)C)C(=O)Nc1ccc(N2CCCCC2)cc1. The topological polar surface area (TPSA) is 75.9 Å². The third-order valence-corrected chi connectivity index (χ3v) is 5.62. The smallest absolute Gasteiger partial charge is 0.237 e. The van der Waals surface area contributed by atoms with Crippen molar-refractivity contribution >= 4 is 29.0 Å². The number of carbonyl (C=O) groups is 1. The minimum absolute atomic E-state index is 0.0609. The molecule has 2 heterocycles. The number of amides is 1. The van der Waals surface area contributed by atoms with Crippen LogP contribution in [0.5, 0.6) is 0 Å². The number of nitrogens with zero attached hydrogens (tertiary/aromatic N) is 5. The summed E-state index contributed by atoms with van der Waals surface area (Å²) in [4.78, 5) is 15.0. The molecule has 2 aromatic rings. The van der Waals surface area contributed by atoms with Crippen molar-refractivity contribution in [1.82, 2.24) is 20.2 Å². The summed E-state index contributed by atoms with van der Waals surface area (Å²) >= 11 is 1.36. The Labute approximate surface area is 164 Å². The van der Waals surface area contributed by atoms with Crippen molar-refractivity contribution in [3.63, 3.8) is 0 Å². The molecule has 1 aliphatic heterocycles. The van der Waals surface area contributed by atoms with Gasteiger partial charge in [0.05, 0.1) is 10.8 Å². The molecule has 1 saturated heterocycles. The molecule has 1 N–H and O–H groups in total. The number of carbonyl (C=O) groups excluding carboxylic acids is 1. The molecule has 1 aliphatic rings. The highest BCUT2D eigenvalue weighted by Gasteiger charge is 2.24. The predicted octanol–water partition coefficient (Wildman–Crippen LogP) is 3.54. The van der Waals surface area contributed by atoms with Crippen LogP contribution in [0.4, 0.5) is 11.4 Å². The van der Waals surface area contributed by atoms with Gasteiger partial charge in [0, 0.05) is 24.5 Å². The molecule has 3 rings (SSSR count). The van der Waals surface area contributed by atoms with Crippen LogP contribution in [-0.4, -0.2) is 44.5 Å². The first-order valence-corrected chi connectivity index (χ1v) is 10.3. The van der Waals surface area contributed by atoms with Crippen LogP contribution in [0.25, 0.3) is 0 Å². The van der Waals surface area contributed by atoms with Gasteiger partial charge >= 0.3 is 0 Å². The molecular weight excluding hydrogens is 360 g/mol. The number of tetrazole rings is 1. The van der Waals surface area contributed by atoms with Crippen molar-refractivity contribution < 1.29 is 4.79 Å². The van der Waals surface area contributed by atoms with Crippen LogP contribution in [-0.2, 0) is 10.3 Å². The Balaban J connectivity index is 1.59. The zero-order chi connectivity index (χ0) is 19.4. The Morgan fingerprint density at radius 3 is 2.44 bits per heavy atom. The molecule has 7 nitrogen and oxygen atoms in total. The zero-order valence-corrected chi connectivity index (χ0v) is 17.3. The fourth-order valence-electron chi connectivity index (χ4n) is 3.04. The molecule has 1 amide bonds. The number of aromatic nitrogens is 4. The van der Waals surface area contributed by atoms with Gasteiger partial charge in [-0.3, -0.25) is 4.79 Å². The molecule has 0 spiro atoms. The normalized spacial score (nSPS) is 16.2. The van der Waals surface area contributed by atoms with Crippen molar-refractivity contribution in [2.24, 2.45) is 0 Å². The van der Waals surface area contributed by atoms with Crippen LogP contribution >= 0.6 is 11.8 Å². The van der Waals surface area contributed by atoms with Gasteiger partial charge in [0.1, 0.15) is 0 Å². The molecule has 0 aliphatic carbocycles. The molecular formula is C19H28N6OS. The van der Waals surface area contributed by atoms with Crippen LogP contribution < -0.4 is 10.2 Å². The lowest BCUT2D eigenvalue weighted by atomic mass is 10.1. The molecule has 1 fully saturated rings. The van der Waals surface area contributed by atoms with Crippen LogP contribution in [0.1, 0.15) is 47.0 Å². The van der Waals surface area contributed by atoms with E-state index in [1.165, 1.54) is 36.7 Å². The van der Waals surface area contributed by atoms with E-state index in [9.17, 15) is 4.79 Å². The highest BCUT2D eigenvalue weighted by Crippen LogP contribution is 2.26. The molecule has 27 heavy (non-hydrogen) atoms. The molecule has 146 valence electrons. The van der Waals surface area contributed by atoms with Crippen molar-refractivity contribution in [3.05, 3.63) is 24.3 Å². The average Bonchev–Trinajstić information content (AvgIpc) is 3.11. The maximum Gasteiger partial charge on any atom is 0.237 e. The Bertz CT molecular complexity index is 761. The van der Waals surface area contributed by atoms with E-state index >= 15 is 0 Å². The molecule has 0 radical (unpaired) electrons. The van der Waals surface area contributed by atoms with Gasteiger partial charge in [0.25, 0.3) is 0 Å². The highest BCUT2D eigenvalue weighted by molar-refractivity contribution is 8.00. The predicted molar refractivity (Wildman–Crippen MR) is 109 cm³/mol. The van der Waals surface area contributed by atoms with Gasteiger partial charge in [-0.05, 0) is 81.6 Å². The second kappa shape index (κ2) is 8.29. The summed E-state index contributed by atoms with van der Waals surface area (Å²) in [5.74, 6) is -0.0609. The first-order chi connectivity index (χ1) is 12.8. The van der Waals surface area contributed by atoms with E-state index in [4.69, 9.17) is 0 Å². The monoisotopic (exact) mass is 388 g/mol. The van der Waals surface area contributed by atoms with Gasteiger partial charge in [-0.2, -0.15) is 0 Å². The Morgan fingerprint density at radius 1 is 1.15 bits per heavy atom. The number of thioether (sulfide) groups is 1. The fraction of sp³-hybridized carbons (Fsp3) is 0.579. The van der Waals surface area contributed by atoms with E-state index in [0.29, 0.717) is 5.16 Å². The molecule has 0 saturated carbocycles. The maximum absolute atomic E-state index is 12.6. The van der Waals surface area contributed by atoms with E-state index in [1.807, 2.05) is 39.8 Å². The molecule has 1 atom stereocenters. The Kier molecular flexibility index (Phi) is 6.04. The summed E-state index contributed by atoms with van der Waals surface area (Å²) in [5.41, 5.74) is 1.80. The van der Waals surface area contributed by atoms with Gasteiger partial charge < -0.3 is 10.2 Å². The lowest BCUT2D eigenvalue weighted by molar-refractivity contribution is -0.115. The van der Waals surface area contributed by atoms with Gasteiger partial charge in [-0.15, -0.1) is 5.10 Å². The second-order valence-corrected chi connectivity index (χ2v) is 9.20. The highest BCUT2D eigenvalue weighted by atomic mass is 32.2. The van der Waals surface area contributed by atoms with E-state index in [-0.39, 0.29) is 16.7 Å². The third kappa shape index (κ3) is 5.00. The zero-order valence-electron chi connectivity index (χ0n) is 16.5. The van der Waals surface area contributed by atoms with E-state index in [1.54, 1.807) is 4.68 Å². The summed E-state index contributed by atoms with van der Waals surface area (Å²) in [5, 5.41) is 15.2. The molecule has 1 unspecified atom stereocenters. The minimum Gasteiger partial charge on any atom is -0.372 e. The summed E-state index contributed by atoms with van der Waals surface area (Å²) in [6.07, 6.45) is 3.82. The Morgan fingerprint density at radius 2 is 1.81 bits per heavy atom. The largest absolute Gasteiger partial charge is 0.372 e. The number of nitrogens with one attached hydrogen (secondary N) is 1. The lowest BCUT2D eigenvalue weighted by Crippen LogP contribution is -2.29. The van der Waals surface area contributed by atoms with Crippen molar-refractivity contribution in [3.8, 4) is 0 Å². The summed E-state index contributed by atoms with van der Waals surface area (Å²) in [6, 6.07) is 8.11. The quantitative estimate of drug-likeness (QED) is 0.790. The van der Waals surface area contributed by atoms with E-state index in [2.05, 4.69) is 37.9 Å². The van der Waals surface area contributed by atoms with Crippen LogP contribution in [0, 0.1) is 0 Å². The molecule has 1 aromatic heterocycles. The molecule has 1 aromatic carbocycles. The standard InChI is InChI=1S/C19H28N6OS/c1-14(27-18-21-22-23-25(18)19(2,3)4)17(26)20-15-8-10-16(11-9-15)24-12-6-5-7-13-24/h8-11,14H,5-7,12-13H2,1-4H3,(H,20,26). The summed E-state index contributed by atoms with van der Waals surface area (Å²) in [7, 11) is 0. The minimum atomic E-state index is -0.307. The van der Waals surface area contributed by atoms with Gasteiger partial charge in [0.15, 0.2) is 0 Å². The number of anilines is 2. The Hall–Kier alpha value is -2.09. The van der Waals surface area contributed by atoms with Crippen LogP contribution in [0.15, 0.2) is 29.4 Å². The van der Waals surface area contributed by atoms with E-state index < -0.39 is 0 Å². The van der Waals surface area contributed by atoms with Crippen LogP contribution in [0.2, 0.25) is 0 Å². The first-order valence-electron chi connectivity index (χ1n) is 9.46. The number of hydrogen-bond acceptors (Lipinski definition) is 6. The summed E-state index contributed by atoms with van der Waals surface area (Å²) < 4.78 is 1.74. The number of rotatable bonds is 5. The van der Waals surface area contributed by atoms with Gasteiger partial charge in [-0.25, -0.2) is 4.68 Å². The van der Waals surface area contributed by atoms with Crippen molar-refractivity contribution in [2.75, 3.05) is 23.3 Å². The second-order valence-electron chi connectivity index (χ2n) is 7.89. The lowest BCUT2D eigenvalue weighted by Gasteiger charge is -2.28. The number of benzene rings is 1. The molecule has 8 heteroatoms.